The molecule has 6 nitrogen and oxygen atoms in total. The van der Waals surface area contributed by atoms with Crippen molar-refractivity contribution in [1.29, 1.82) is 0 Å². The molecule has 0 atom stereocenters. The first kappa shape index (κ1) is 18.5. The summed E-state index contributed by atoms with van der Waals surface area (Å²) in [5.74, 6) is 1.41. The van der Waals surface area contributed by atoms with Gasteiger partial charge in [0.05, 0.1) is 11.4 Å². The molecule has 2 heterocycles. The van der Waals surface area contributed by atoms with E-state index in [1.807, 2.05) is 31.2 Å². The van der Waals surface area contributed by atoms with Gasteiger partial charge in [0.25, 0.3) is 0 Å². The summed E-state index contributed by atoms with van der Waals surface area (Å²) < 4.78 is 1.73. The van der Waals surface area contributed by atoms with Gasteiger partial charge in [-0.3, -0.25) is 9.59 Å². The number of nitrogens with zero attached hydrogens (tertiary/aromatic N) is 2. The Labute approximate surface area is 157 Å². The smallest absolute Gasteiger partial charge is 0.314 e. The van der Waals surface area contributed by atoms with Crippen LogP contribution in [0.1, 0.15) is 37.1 Å². The monoisotopic (exact) mass is 372 g/mol. The van der Waals surface area contributed by atoms with E-state index in [0.29, 0.717) is 18.3 Å². The van der Waals surface area contributed by atoms with Crippen molar-refractivity contribution in [3.8, 4) is 5.69 Å². The van der Waals surface area contributed by atoms with E-state index in [9.17, 15) is 9.59 Å². The summed E-state index contributed by atoms with van der Waals surface area (Å²) in [7, 11) is 0. The molecule has 0 radical (unpaired) electrons. The van der Waals surface area contributed by atoms with Crippen molar-refractivity contribution in [2.75, 3.05) is 11.9 Å². The van der Waals surface area contributed by atoms with Crippen LogP contribution in [0.5, 0.6) is 0 Å². The van der Waals surface area contributed by atoms with Gasteiger partial charge >= 0.3 is 11.8 Å². The predicted molar refractivity (Wildman–Crippen MR) is 104 cm³/mol. The fourth-order valence-corrected chi connectivity index (χ4v) is 3.77. The van der Waals surface area contributed by atoms with Gasteiger partial charge in [-0.05, 0) is 31.4 Å². The second-order valence-corrected chi connectivity index (χ2v) is 7.89. The number of nitrogens with one attached hydrogen (secondary N) is 2. The molecule has 2 aromatic rings. The zero-order chi connectivity index (χ0) is 18.7. The number of aromatic nitrogens is 2. The van der Waals surface area contributed by atoms with Gasteiger partial charge in [0.15, 0.2) is 0 Å². The lowest BCUT2D eigenvalue weighted by Gasteiger charge is -2.12. The number of amides is 2. The number of carbonyl (C=O) groups excluding carboxylic acids is 2. The number of benzene rings is 1. The van der Waals surface area contributed by atoms with Gasteiger partial charge in [0.2, 0.25) is 0 Å². The predicted octanol–water partition coefficient (Wildman–Crippen LogP) is 3.03. The molecule has 0 unspecified atom stereocenters. The molecule has 3 rings (SSSR count). The number of hydrogen-bond acceptors (Lipinski definition) is 4. The van der Waals surface area contributed by atoms with Crippen LogP contribution < -0.4 is 10.6 Å². The molecular weight excluding hydrogens is 348 g/mol. The van der Waals surface area contributed by atoms with Gasteiger partial charge < -0.3 is 10.6 Å². The third-order valence-electron chi connectivity index (χ3n) is 4.28. The number of aryl methyl sites for hydroxylation is 1. The average Bonchev–Trinajstić information content (AvgIpc) is 3.18. The number of fused-ring (bicyclic) bond motifs is 1. The van der Waals surface area contributed by atoms with Gasteiger partial charge in [-0.2, -0.15) is 16.9 Å². The van der Waals surface area contributed by atoms with E-state index < -0.39 is 11.8 Å². The summed E-state index contributed by atoms with van der Waals surface area (Å²) in [4.78, 5) is 24.4. The van der Waals surface area contributed by atoms with Crippen molar-refractivity contribution >= 4 is 29.4 Å². The molecule has 1 aromatic carbocycles. The van der Waals surface area contributed by atoms with Crippen LogP contribution in [0.15, 0.2) is 24.3 Å². The quantitative estimate of drug-likeness (QED) is 0.791. The van der Waals surface area contributed by atoms with Gasteiger partial charge in [0, 0.05) is 23.6 Å². The van der Waals surface area contributed by atoms with Crippen molar-refractivity contribution in [2.24, 2.45) is 5.92 Å². The molecule has 0 bridgehead atoms. The molecule has 2 amide bonds. The Balaban J connectivity index is 1.79. The maximum Gasteiger partial charge on any atom is 0.314 e. The van der Waals surface area contributed by atoms with Gasteiger partial charge in [-0.25, -0.2) is 4.68 Å². The minimum Gasteiger partial charge on any atom is -0.348 e. The second kappa shape index (κ2) is 7.95. The lowest BCUT2D eigenvalue weighted by Crippen LogP contribution is -2.36. The fraction of sp³-hybridized carbons (Fsp3) is 0.421. The fourth-order valence-electron chi connectivity index (χ4n) is 2.73. The topological polar surface area (TPSA) is 76.0 Å². The van der Waals surface area contributed by atoms with Gasteiger partial charge in [0.1, 0.15) is 5.82 Å². The molecule has 1 aliphatic heterocycles. The molecule has 138 valence electrons. The average molecular weight is 372 g/mol. The Morgan fingerprint density at radius 2 is 1.92 bits per heavy atom. The van der Waals surface area contributed by atoms with E-state index >= 15 is 0 Å². The maximum atomic E-state index is 12.4. The van der Waals surface area contributed by atoms with Crippen LogP contribution in [-0.2, 0) is 21.1 Å². The van der Waals surface area contributed by atoms with E-state index in [1.54, 1.807) is 16.4 Å². The molecule has 0 spiro atoms. The van der Waals surface area contributed by atoms with Crippen LogP contribution in [0.4, 0.5) is 5.82 Å². The van der Waals surface area contributed by atoms with E-state index in [0.717, 1.165) is 40.4 Å². The number of anilines is 1. The molecule has 0 aliphatic carbocycles. The van der Waals surface area contributed by atoms with Crippen molar-refractivity contribution < 1.29 is 9.59 Å². The van der Waals surface area contributed by atoms with Crippen LogP contribution in [0.25, 0.3) is 5.69 Å². The summed E-state index contributed by atoms with van der Waals surface area (Å²) in [6, 6.07) is 7.92. The molecule has 0 fully saturated rings. The first-order chi connectivity index (χ1) is 12.5. The highest BCUT2D eigenvalue weighted by Crippen LogP contribution is 2.36. The lowest BCUT2D eigenvalue weighted by atomic mass is 10.1. The highest BCUT2D eigenvalue weighted by Gasteiger charge is 2.26. The molecular formula is C19H24N4O2S. The Morgan fingerprint density at radius 3 is 2.62 bits per heavy atom. The third kappa shape index (κ3) is 4.09. The van der Waals surface area contributed by atoms with E-state index in [2.05, 4.69) is 29.6 Å². The Bertz CT molecular complexity index is 812. The molecule has 0 saturated heterocycles. The van der Waals surface area contributed by atoms with Gasteiger partial charge in [-0.15, -0.1) is 0 Å². The summed E-state index contributed by atoms with van der Waals surface area (Å²) >= 11 is 1.75. The number of thioether (sulfide) groups is 1. The Morgan fingerprint density at radius 1 is 1.19 bits per heavy atom. The van der Waals surface area contributed by atoms with Crippen LogP contribution in [0.3, 0.4) is 0 Å². The Hall–Kier alpha value is -2.28. The first-order valence-corrected chi connectivity index (χ1v) is 9.96. The number of carbonyl (C=O) groups is 2. The highest BCUT2D eigenvalue weighted by molar-refractivity contribution is 7.98. The minimum absolute atomic E-state index is 0.474. The van der Waals surface area contributed by atoms with Crippen LogP contribution >= 0.6 is 11.8 Å². The van der Waals surface area contributed by atoms with E-state index in [4.69, 9.17) is 0 Å². The third-order valence-corrected chi connectivity index (χ3v) is 5.25. The zero-order valence-corrected chi connectivity index (χ0v) is 16.2. The van der Waals surface area contributed by atoms with Crippen LogP contribution in [0, 0.1) is 12.8 Å². The molecule has 0 saturated carbocycles. The molecule has 7 heteroatoms. The molecule has 1 aromatic heterocycles. The zero-order valence-electron chi connectivity index (χ0n) is 15.3. The normalized spacial score (nSPS) is 12.9. The largest absolute Gasteiger partial charge is 0.348 e. The first-order valence-electron chi connectivity index (χ1n) is 8.80. The number of hydrogen-bond donors (Lipinski definition) is 2. The van der Waals surface area contributed by atoms with Crippen molar-refractivity contribution in [1.82, 2.24) is 15.1 Å². The maximum absolute atomic E-state index is 12.4. The van der Waals surface area contributed by atoms with Crippen LogP contribution in [-0.4, -0.2) is 28.1 Å². The molecule has 26 heavy (non-hydrogen) atoms. The van der Waals surface area contributed by atoms with E-state index in [1.165, 1.54) is 0 Å². The van der Waals surface area contributed by atoms with Crippen molar-refractivity contribution in [2.45, 2.75) is 38.7 Å². The van der Waals surface area contributed by atoms with Crippen LogP contribution in [0.2, 0.25) is 0 Å². The summed E-state index contributed by atoms with van der Waals surface area (Å²) in [5.41, 5.74) is 3.98. The lowest BCUT2D eigenvalue weighted by molar-refractivity contribution is -0.136. The van der Waals surface area contributed by atoms with Crippen molar-refractivity contribution in [3.63, 3.8) is 0 Å². The summed E-state index contributed by atoms with van der Waals surface area (Å²) in [6.07, 6.45) is 0.840. The van der Waals surface area contributed by atoms with Crippen molar-refractivity contribution in [3.05, 3.63) is 41.1 Å². The van der Waals surface area contributed by atoms with E-state index in [-0.39, 0.29) is 0 Å². The second-order valence-electron chi connectivity index (χ2n) is 6.91. The minimum atomic E-state index is -0.651. The number of rotatable bonds is 5. The summed E-state index contributed by atoms with van der Waals surface area (Å²) in [6.45, 7) is 6.67. The van der Waals surface area contributed by atoms with Gasteiger partial charge in [-0.1, -0.05) is 31.5 Å². The molecule has 2 N–H and O–H groups in total. The molecule has 1 aliphatic rings. The standard InChI is InChI=1S/C19H24N4O2S/c1-12(2)8-9-20-18(24)19(25)21-17-15-10-26-11-16(15)22-23(17)14-6-4-13(3)5-7-14/h4-7,12H,8-11H2,1-3H3,(H,20,24)(H,21,25). The SMILES string of the molecule is Cc1ccc(-n2nc3c(c2NC(=O)C(=O)NCCC(C)C)CSC3)cc1. The Kier molecular flexibility index (Phi) is 5.66. The summed E-state index contributed by atoms with van der Waals surface area (Å²) in [5, 5.41) is 10.1. The highest BCUT2D eigenvalue weighted by atomic mass is 32.2.